The van der Waals surface area contributed by atoms with Crippen molar-refractivity contribution in [3.05, 3.63) is 36.0 Å². The summed E-state index contributed by atoms with van der Waals surface area (Å²) in [6.45, 7) is 10.0. The molecule has 51 heavy (non-hydrogen) atoms. The summed E-state index contributed by atoms with van der Waals surface area (Å²) < 4.78 is 17.2. The summed E-state index contributed by atoms with van der Waals surface area (Å²) >= 11 is 0. The largest absolute Gasteiger partial charge is 0.457 e. The van der Waals surface area contributed by atoms with Gasteiger partial charge in [0, 0.05) is 44.1 Å². The minimum atomic E-state index is -1.49. The molecular formula is C38H61N3O10. The molecule has 4 aliphatic rings. The lowest BCUT2D eigenvalue weighted by molar-refractivity contribution is -0.151. The van der Waals surface area contributed by atoms with Gasteiger partial charge in [-0.25, -0.2) is 9.59 Å². The number of ether oxygens (including phenoxy) is 3. The minimum Gasteiger partial charge on any atom is -0.457 e. The molecule has 2 saturated heterocycles. The van der Waals surface area contributed by atoms with E-state index in [0.29, 0.717) is 19.1 Å². The Balaban J connectivity index is 1.39. The Morgan fingerprint density at radius 1 is 0.980 bits per heavy atom. The Kier molecular flexibility index (Phi) is 15.4. The van der Waals surface area contributed by atoms with Crippen molar-refractivity contribution in [3.8, 4) is 0 Å². The molecule has 0 aromatic rings. The number of cyclic esters (lactones) is 1. The van der Waals surface area contributed by atoms with E-state index in [9.17, 15) is 34.8 Å². The maximum absolute atomic E-state index is 13.4. The third-order valence-electron chi connectivity index (χ3n) is 10.7. The predicted octanol–water partition coefficient (Wildman–Crippen LogP) is 3.54. The lowest BCUT2D eigenvalue weighted by Crippen LogP contribution is -2.53. The number of likely N-dealkylation sites (tertiary alicyclic amines) is 1. The molecule has 8 atom stereocenters. The van der Waals surface area contributed by atoms with Gasteiger partial charge in [0.1, 0.15) is 11.7 Å². The van der Waals surface area contributed by atoms with Gasteiger partial charge in [0.2, 0.25) is 0 Å². The number of aliphatic hydroxyl groups excluding tert-OH is 3. The number of amides is 2. The normalized spacial score (nSPS) is 33.9. The zero-order valence-corrected chi connectivity index (χ0v) is 30.9. The fourth-order valence-electron chi connectivity index (χ4n) is 7.29. The number of carbonyl (C=O) groups is 3. The Morgan fingerprint density at radius 2 is 1.63 bits per heavy atom. The van der Waals surface area contributed by atoms with Gasteiger partial charge in [0.05, 0.1) is 44.4 Å². The topological polar surface area (TPSA) is 170 Å². The molecule has 0 aromatic carbocycles. The predicted molar refractivity (Wildman–Crippen MR) is 191 cm³/mol. The summed E-state index contributed by atoms with van der Waals surface area (Å²) in [6.07, 6.45) is 10.6. The second-order valence-electron chi connectivity index (χ2n) is 15.3. The fraction of sp³-hybridized carbons (Fsp3) is 0.763. The van der Waals surface area contributed by atoms with Crippen molar-refractivity contribution >= 4 is 18.2 Å². The molecule has 0 radical (unpaired) electrons. The van der Waals surface area contributed by atoms with Crippen LogP contribution in [0.3, 0.4) is 0 Å². The molecule has 13 nitrogen and oxygen atoms in total. The van der Waals surface area contributed by atoms with E-state index in [1.165, 1.54) is 43.4 Å². The van der Waals surface area contributed by atoms with Crippen LogP contribution in [0.15, 0.2) is 36.0 Å². The first-order chi connectivity index (χ1) is 24.2. The second kappa shape index (κ2) is 19.2. The van der Waals surface area contributed by atoms with Gasteiger partial charge < -0.3 is 44.4 Å². The third-order valence-corrected chi connectivity index (χ3v) is 10.7. The monoisotopic (exact) mass is 719 g/mol. The molecule has 1 saturated carbocycles. The summed E-state index contributed by atoms with van der Waals surface area (Å²) in [5, 5.41) is 41.5. The van der Waals surface area contributed by atoms with E-state index in [0.717, 1.165) is 18.7 Å². The molecule has 0 spiro atoms. The molecule has 3 fully saturated rings. The highest BCUT2D eigenvalue weighted by Crippen LogP contribution is 2.28. The zero-order chi connectivity index (χ0) is 37.1. The number of esters is 1. The molecule has 4 N–H and O–H groups in total. The Morgan fingerprint density at radius 3 is 2.27 bits per heavy atom. The fourth-order valence-corrected chi connectivity index (χ4v) is 7.29. The quantitative estimate of drug-likeness (QED) is 0.0999. The molecule has 2 amide bonds. The summed E-state index contributed by atoms with van der Waals surface area (Å²) in [7, 11) is 0. The van der Waals surface area contributed by atoms with Crippen LogP contribution in [0.4, 0.5) is 9.59 Å². The molecule has 1 aliphatic carbocycles. The number of piperazine rings is 1. The lowest BCUT2D eigenvalue weighted by Gasteiger charge is -2.40. The molecule has 0 unspecified atom stereocenters. The number of hydrogen-bond donors (Lipinski definition) is 4. The number of β-amino-alcohol motifs (C(OH)–C–C–N with tert-alkyl or cyclic N) is 2. The molecule has 4 rings (SSSR count). The minimum absolute atomic E-state index is 0.0221. The Hall–Kier alpha value is -2.97. The van der Waals surface area contributed by atoms with Crippen LogP contribution in [-0.4, -0.2) is 141 Å². The molecule has 13 heteroatoms. The van der Waals surface area contributed by atoms with Crippen LogP contribution in [0, 0.1) is 11.8 Å². The van der Waals surface area contributed by atoms with Gasteiger partial charge in [-0.15, -0.1) is 0 Å². The average molecular weight is 720 g/mol. The average Bonchev–Trinajstić information content (AvgIpc) is 3.25. The molecule has 0 bridgehead atoms. The van der Waals surface area contributed by atoms with Gasteiger partial charge >= 0.3 is 18.2 Å². The second-order valence-corrected chi connectivity index (χ2v) is 15.3. The van der Waals surface area contributed by atoms with Crippen molar-refractivity contribution in [2.24, 2.45) is 11.8 Å². The standard InChI is InChI=1S/C38H61N3O10/c1-26(25-49-36(46)41-23-31(43)32(44)24-41)10-9-11-27(2)35-28(3)14-15-33(38(4,48)17-16-30(42)22-34(45)51-35)50-37(47)40-20-18-39(19-21-40)29-12-7-5-6-8-13-29/h9-11,14-15,26,28-33,35,42-44,48H,5-8,12-13,16-25H2,1-4H3/b10-9+,15-14+,27-11+/t26-,28+,30-,31+,32+,33+,35-,38-/m1/s1. The van der Waals surface area contributed by atoms with Gasteiger partial charge in [0.15, 0.2) is 6.10 Å². The Labute approximate surface area is 302 Å². The van der Waals surface area contributed by atoms with E-state index in [1.807, 2.05) is 26.8 Å². The maximum Gasteiger partial charge on any atom is 0.410 e. The molecule has 288 valence electrons. The number of allylic oxidation sites excluding steroid dienone is 2. The third kappa shape index (κ3) is 12.3. The van der Waals surface area contributed by atoms with E-state index in [1.54, 1.807) is 36.1 Å². The van der Waals surface area contributed by atoms with Crippen molar-refractivity contribution in [3.63, 3.8) is 0 Å². The van der Waals surface area contributed by atoms with Crippen molar-refractivity contribution in [2.75, 3.05) is 45.9 Å². The first-order valence-electron chi connectivity index (χ1n) is 18.8. The van der Waals surface area contributed by atoms with Gasteiger partial charge in [-0.1, -0.05) is 63.8 Å². The Bertz CT molecular complexity index is 1230. The van der Waals surface area contributed by atoms with Crippen LogP contribution in [0.5, 0.6) is 0 Å². The number of rotatable bonds is 7. The molecule has 3 aliphatic heterocycles. The summed E-state index contributed by atoms with van der Waals surface area (Å²) in [5.74, 6) is -1.09. The number of hydrogen-bond acceptors (Lipinski definition) is 11. The van der Waals surface area contributed by atoms with Crippen molar-refractivity contribution < 1.29 is 49.0 Å². The van der Waals surface area contributed by atoms with E-state index in [-0.39, 0.29) is 50.8 Å². The number of nitrogens with zero attached hydrogens (tertiary/aromatic N) is 3. The first kappa shape index (κ1) is 40.8. The van der Waals surface area contributed by atoms with Crippen LogP contribution in [0.25, 0.3) is 0 Å². The molecule has 3 heterocycles. The van der Waals surface area contributed by atoms with Gasteiger partial charge in [0.25, 0.3) is 0 Å². The lowest BCUT2D eigenvalue weighted by atomic mass is 9.89. The highest BCUT2D eigenvalue weighted by Gasteiger charge is 2.37. The molecule has 0 aromatic heterocycles. The van der Waals surface area contributed by atoms with Crippen LogP contribution in [0.1, 0.15) is 85.5 Å². The van der Waals surface area contributed by atoms with Gasteiger partial charge in [-0.3, -0.25) is 9.69 Å². The van der Waals surface area contributed by atoms with Gasteiger partial charge in [-0.2, -0.15) is 0 Å². The van der Waals surface area contributed by atoms with Gasteiger partial charge in [-0.05, 0) is 51.2 Å². The van der Waals surface area contributed by atoms with Crippen LogP contribution >= 0.6 is 0 Å². The van der Waals surface area contributed by atoms with Crippen LogP contribution in [0.2, 0.25) is 0 Å². The smallest absolute Gasteiger partial charge is 0.410 e. The maximum atomic E-state index is 13.4. The highest BCUT2D eigenvalue weighted by atomic mass is 16.6. The van der Waals surface area contributed by atoms with Crippen molar-refractivity contribution in [1.29, 1.82) is 0 Å². The first-order valence-corrected chi connectivity index (χ1v) is 18.8. The van der Waals surface area contributed by atoms with E-state index in [4.69, 9.17) is 14.2 Å². The zero-order valence-electron chi connectivity index (χ0n) is 30.9. The summed E-state index contributed by atoms with van der Waals surface area (Å²) in [4.78, 5) is 44.1. The van der Waals surface area contributed by atoms with E-state index in [2.05, 4.69) is 4.90 Å². The summed E-state index contributed by atoms with van der Waals surface area (Å²) in [6, 6.07) is 0.574. The van der Waals surface area contributed by atoms with Crippen molar-refractivity contribution in [2.45, 2.75) is 128 Å². The van der Waals surface area contributed by atoms with E-state index >= 15 is 0 Å². The number of carbonyl (C=O) groups excluding carboxylic acids is 3. The van der Waals surface area contributed by atoms with Crippen LogP contribution < -0.4 is 0 Å². The van der Waals surface area contributed by atoms with Crippen molar-refractivity contribution in [1.82, 2.24) is 14.7 Å². The van der Waals surface area contributed by atoms with E-state index < -0.39 is 54.3 Å². The SMILES string of the molecule is C/C(=C\C=C\[C@@H](C)COC(=O)N1C[C@H](O)[C@@H](O)C1)[C@H]1OC(=O)C[C@H](O)CC[C@@](C)(O)[C@@H](OC(=O)N2CCN(C3CCCCCC3)CC2)/C=C/[C@@H]1C. The van der Waals surface area contributed by atoms with Crippen LogP contribution in [-0.2, 0) is 19.0 Å². The summed E-state index contributed by atoms with van der Waals surface area (Å²) in [5.41, 5.74) is -0.769. The highest BCUT2D eigenvalue weighted by molar-refractivity contribution is 5.70. The molecular weight excluding hydrogens is 658 g/mol. The number of aliphatic hydroxyl groups is 4.